The Morgan fingerprint density at radius 1 is 1.16 bits per heavy atom. The van der Waals surface area contributed by atoms with Gasteiger partial charge in [-0.1, -0.05) is 6.92 Å². The highest BCUT2D eigenvalue weighted by Crippen LogP contribution is 2.23. The molecule has 1 amide bonds. The van der Waals surface area contributed by atoms with Crippen LogP contribution in [0, 0.1) is 16.7 Å². The minimum atomic E-state index is -1.29. The number of rotatable bonds is 6. The van der Waals surface area contributed by atoms with Crippen molar-refractivity contribution in [3.63, 3.8) is 0 Å². The van der Waals surface area contributed by atoms with Crippen LogP contribution in [0.3, 0.4) is 0 Å². The summed E-state index contributed by atoms with van der Waals surface area (Å²) in [5.74, 6) is -1.95. The third-order valence-electron chi connectivity index (χ3n) is 2.81. The van der Waals surface area contributed by atoms with Crippen LogP contribution < -0.4 is 0 Å². The van der Waals surface area contributed by atoms with E-state index in [9.17, 15) is 14.4 Å². The molecule has 7 nitrogen and oxygen atoms in total. The average Bonchev–Trinajstić information content (AvgIpc) is 2.44. The second kappa shape index (κ2) is 7.36. The second-order valence-corrected chi connectivity index (χ2v) is 4.11. The Morgan fingerprint density at radius 2 is 1.58 bits per heavy atom. The van der Waals surface area contributed by atoms with E-state index in [4.69, 9.17) is 5.26 Å². The molecule has 0 radical (unpaired) electrons. The molecule has 0 aromatic carbocycles. The van der Waals surface area contributed by atoms with Crippen molar-refractivity contribution in [2.75, 3.05) is 27.3 Å². The number of esters is 2. The summed E-state index contributed by atoms with van der Waals surface area (Å²) in [5.41, 5.74) is -1.29. The summed E-state index contributed by atoms with van der Waals surface area (Å²) in [6.07, 6.45) is 0.265. The van der Waals surface area contributed by atoms with Crippen molar-refractivity contribution in [1.29, 1.82) is 5.26 Å². The summed E-state index contributed by atoms with van der Waals surface area (Å²) in [7, 11) is 2.35. The van der Waals surface area contributed by atoms with E-state index < -0.39 is 36.4 Å². The van der Waals surface area contributed by atoms with E-state index in [2.05, 4.69) is 9.47 Å². The minimum absolute atomic E-state index is 0.265. The highest BCUT2D eigenvalue weighted by molar-refractivity contribution is 5.90. The van der Waals surface area contributed by atoms with Gasteiger partial charge in [0.2, 0.25) is 5.91 Å². The van der Waals surface area contributed by atoms with Crippen molar-refractivity contribution in [2.24, 2.45) is 5.41 Å². The van der Waals surface area contributed by atoms with E-state index in [1.807, 2.05) is 6.07 Å². The molecule has 7 heteroatoms. The number of hydrogen-bond donors (Lipinski definition) is 0. The first-order chi connectivity index (χ1) is 8.84. The fraction of sp³-hybridized carbons (Fsp3) is 0.667. The van der Waals surface area contributed by atoms with Crippen LogP contribution in [0.2, 0.25) is 0 Å². The maximum atomic E-state index is 12.2. The highest BCUT2D eigenvalue weighted by Gasteiger charge is 2.37. The van der Waals surface area contributed by atoms with Gasteiger partial charge in [-0.3, -0.25) is 14.4 Å². The third kappa shape index (κ3) is 4.58. The fourth-order valence-electron chi connectivity index (χ4n) is 1.27. The molecule has 0 fully saturated rings. The van der Waals surface area contributed by atoms with Gasteiger partial charge >= 0.3 is 11.9 Å². The first-order valence-electron chi connectivity index (χ1n) is 5.68. The number of hydrogen-bond acceptors (Lipinski definition) is 6. The third-order valence-corrected chi connectivity index (χ3v) is 2.81. The van der Waals surface area contributed by atoms with Gasteiger partial charge in [-0.15, -0.1) is 0 Å². The molecule has 0 saturated heterocycles. The van der Waals surface area contributed by atoms with Crippen molar-refractivity contribution in [3.8, 4) is 6.07 Å². The Hall–Kier alpha value is -2.10. The summed E-state index contributed by atoms with van der Waals surface area (Å²) < 4.78 is 8.92. The fourth-order valence-corrected chi connectivity index (χ4v) is 1.27. The maximum Gasteiger partial charge on any atom is 0.325 e. The molecule has 19 heavy (non-hydrogen) atoms. The Balaban J connectivity index is 5.12. The topological polar surface area (TPSA) is 96.7 Å². The lowest BCUT2D eigenvalue weighted by atomic mass is 9.87. The van der Waals surface area contributed by atoms with E-state index in [0.29, 0.717) is 0 Å². The van der Waals surface area contributed by atoms with Gasteiger partial charge in [0.25, 0.3) is 0 Å². The molecule has 1 atom stereocenters. The van der Waals surface area contributed by atoms with Crippen LogP contribution in [-0.2, 0) is 23.9 Å². The van der Waals surface area contributed by atoms with Crippen LogP contribution in [0.1, 0.15) is 20.3 Å². The number of nitrogens with zero attached hydrogens (tertiary/aromatic N) is 2. The van der Waals surface area contributed by atoms with E-state index in [1.54, 1.807) is 6.92 Å². The summed E-state index contributed by atoms with van der Waals surface area (Å²) in [6.45, 7) is 2.33. The van der Waals surface area contributed by atoms with Gasteiger partial charge < -0.3 is 14.4 Å². The quantitative estimate of drug-likeness (QED) is 0.635. The standard InChI is InChI=1S/C12H18N2O5/c1-5-12(2,8-13)11(17)14(6-9(15)18-3)7-10(16)19-4/h5-7H2,1-4H3. The van der Waals surface area contributed by atoms with Crippen molar-refractivity contribution < 1.29 is 23.9 Å². The van der Waals surface area contributed by atoms with Gasteiger partial charge in [-0.05, 0) is 13.3 Å². The van der Waals surface area contributed by atoms with Crippen molar-refractivity contribution in [1.82, 2.24) is 4.90 Å². The Kier molecular flexibility index (Phi) is 6.55. The van der Waals surface area contributed by atoms with Gasteiger partial charge in [0.15, 0.2) is 0 Å². The molecule has 0 saturated carbocycles. The monoisotopic (exact) mass is 270 g/mol. The predicted molar refractivity (Wildman–Crippen MR) is 64.6 cm³/mol. The normalized spacial score (nSPS) is 12.8. The van der Waals surface area contributed by atoms with E-state index in [-0.39, 0.29) is 6.42 Å². The number of carbonyl (C=O) groups excluding carboxylic acids is 3. The van der Waals surface area contributed by atoms with Crippen LogP contribution in [0.15, 0.2) is 0 Å². The van der Waals surface area contributed by atoms with E-state index in [0.717, 1.165) is 4.90 Å². The zero-order valence-electron chi connectivity index (χ0n) is 11.6. The lowest BCUT2D eigenvalue weighted by Crippen LogP contribution is -2.46. The van der Waals surface area contributed by atoms with Gasteiger partial charge in [-0.2, -0.15) is 5.26 Å². The van der Waals surface area contributed by atoms with Crippen molar-refractivity contribution in [3.05, 3.63) is 0 Å². The highest BCUT2D eigenvalue weighted by atomic mass is 16.5. The summed E-state index contributed by atoms with van der Waals surface area (Å²) >= 11 is 0. The molecule has 0 aliphatic rings. The molecular weight excluding hydrogens is 252 g/mol. The molecule has 0 rings (SSSR count). The van der Waals surface area contributed by atoms with E-state index >= 15 is 0 Å². The number of methoxy groups -OCH3 is 2. The summed E-state index contributed by atoms with van der Waals surface area (Å²) in [5, 5.41) is 9.06. The Labute approximate surface area is 112 Å². The van der Waals surface area contributed by atoms with Crippen molar-refractivity contribution >= 4 is 17.8 Å². The van der Waals surface area contributed by atoms with Crippen LogP contribution in [0.5, 0.6) is 0 Å². The lowest BCUT2D eigenvalue weighted by molar-refractivity contribution is -0.154. The van der Waals surface area contributed by atoms with E-state index in [1.165, 1.54) is 21.1 Å². The minimum Gasteiger partial charge on any atom is -0.468 e. The molecule has 0 N–H and O–H groups in total. The van der Waals surface area contributed by atoms with Crippen LogP contribution in [0.4, 0.5) is 0 Å². The predicted octanol–water partition coefficient (Wildman–Crippen LogP) is 0.101. The van der Waals surface area contributed by atoms with Gasteiger partial charge in [0.1, 0.15) is 18.5 Å². The summed E-state index contributed by atoms with van der Waals surface area (Å²) in [4.78, 5) is 35.7. The lowest BCUT2D eigenvalue weighted by Gasteiger charge is -2.27. The van der Waals surface area contributed by atoms with Gasteiger partial charge in [0.05, 0.1) is 20.3 Å². The first kappa shape index (κ1) is 16.9. The van der Waals surface area contributed by atoms with Gasteiger partial charge in [0, 0.05) is 0 Å². The number of amides is 1. The molecular formula is C12H18N2O5. The van der Waals surface area contributed by atoms with Crippen molar-refractivity contribution in [2.45, 2.75) is 20.3 Å². The molecule has 0 aromatic heterocycles. The van der Waals surface area contributed by atoms with Gasteiger partial charge in [-0.25, -0.2) is 0 Å². The molecule has 1 unspecified atom stereocenters. The number of nitriles is 1. The maximum absolute atomic E-state index is 12.2. The Bertz CT molecular complexity index is 383. The molecule has 0 aliphatic carbocycles. The second-order valence-electron chi connectivity index (χ2n) is 4.11. The SMILES string of the molecule is CCC(C)(C#N)C(=O)N(CC(=O)OC)CC(=O)OC. The zero-order valence-corrected chi connectivity index (χ0v) is 11.6. The Morgan fingerprint density at radius 3 is 1.84 bits per heavy atom. The molecule has 0 aliphatic heterocycles. The number of ether oxygens (including phenoxy) is 2. The average molecular weight is 270 g/mol. The largest absolute Gasteiger partial charge is 0.468 e. The molecule has 0 bridgehead atoms. The molecule has 106 valence electrons. The smallest absolute Gasteiger partial charge is 0.325 e. The summed E-state index contributed by atoms with van der Waals surface area (Å²) in [6, 6.07) is 1.90. The van der Waals surface area contributed by atoms with Crippen LogP contribution in [0.25, 0.3) is 0 Å². The van der Waals surface area contributed by atoms with Crippen LogP contribution >= 0.6 is 0 Å². The zero-order chi connectivity index (χ0) is 15.1. The molecule has 0 spiro atoms. The molecule has 0 aromatic rings. The number of carbonyl (C=O) groups is 3. The first-order valence-corrected chi connectivity index (χ1v) is 5.68. The molecule has 0 heterocycles. The van der Waals surface area contributed by atoms with Crippen LogP contribution in [-0.4, -0.2) is 50.1 Å².